The van der Waals surface area contributed by atoms with E-state index in [4.69, 9.17) is 29.2 Å². The Balaban J connectivity index is 1.80. The lowest BCUT2D eigenvalue weighted by molar-refractivity contribution is -0.182. The number of hydrogen-bond donors (Lipinski definition) is 2. The Morgan fingerprint density at radius 2 is 2.09 bits per heavy atom. The van der Waals surface area contributed by atoms with E-state index in [1.165, 1.54) is 38.1 Å². The van der Waals surface area contributed by atoms with E-state index in [2.05, 4.69) is 10.5 Å². The molecule has 0 radical (unpaired) electrons. The molecule has 1 aromatic rings. The van der Waals surface area contributed by atoms with E-state index < -0.39 is 47.6 Å². The van der Waals surface area contributed by atoms with Crippen molar-refractivity contribution in [1.82, 2.24) is 10.2 Å². The van der Waals surface area contributed by atoms with Crippen LogP contribution in [0.25, 0.3) is 0 Å². The fourth-order valence-corrected chi connectivity index (χ4v) is 4.65. The number of fused-ring (bicyclic) bond motifs is 1. The second-order valence-corrected chi connectivity index (χ2v) is 8.21. The van der Waals surface area contributed by atoms with Crippen molar-refractivity contribution >= 4 is 47.3 Å². The number of amides is 3. The molecule has 2 aliphatic rings. The Morgan fingerprint density at radius 3 is 2.69 bits per heavy atom. The van der Waals surface area contributed by atoms with Crippen LogP contribution in [0.1, 0.15) is 19.6 Å². The number of carbonyl (C=O) groups is 5. The summed E-state index contributed by atoms with van der Waals surface area (Å²) in [7, 11) is 1.25. The highest BCUT2D eigenvalue weighted by Gasteiger charge is 2.55. The van der Waals surface area contributed by atoms with Gasteiger partial charge in [0.1, 0.15) is 30.8 Å². The lowest BCUT2D eigenvalue weighted by Gasteiger charge is -2.49. The Bertz CT molecular complexity index is 1080. The average molecular weight is 510 g/mol. The van der Waals surface area contributed by atoms with Crippen LogP contribution in [0.2, 0.25) is 0 Å². The van der Waals surface area contributed by atoms with Gasteiger partial charge in [0, 0.05) is 25.2 Å². The fraction of sp³-hybridized carbons (Fsp3) is 0.400. The lowest BCUT2D eigenvalue weighted by atomic mass is 10.0. The third-order valence-electron chi connectivity index (χ3n) is 4.67. The molecule has 0 aliphatic carbocycles. The summed E-state index contributed by atoms with van der Waals surface area (Å²) in [6, 6.07) is 2.03. The molecule has 0 bridgehead atoms. The number of nitrogens with one attached hydrogen (secondary N) is 1. The molecule has 0 spiro atoms. The molecule has 2 unspecified atom stereocenters. The first-order chi connectivity index (χ1) is 16.6. The summed E-state index contributed by atoms with van der Waals surface area (Å²) in [6.07, 6.45) is -0.976. The highest BCUT2D eigenvalue weighted by Crippen LogP contribution is 2.41. The van der Waals surface area contributed by atoms with E-state index in [0.29, 0.717) is 0 Å². The highest BCUT2D eigenvalue weighted by atomic mass is 32.2. The number of thioether (sulfide) groups is 1. The van der Waals surface area contributed by atoms with Gasteiger partial charge < -0.3 is 34.5 Å². The van der Waals surface area contributed by atoms with Gasteiger partial charge >= 0.3 is 18.0 Å². The van der Waals surface area contributed by atoms with Gasteiger partial charge in [0.15, 0.2) is 5.76 Å². The number of hydrogen-bond acceptors (Lipinski definition) is 12. The molecule has 1 fully saturated rings. The van der Waals surface area contributed by atoms with Crippen LogP contribution in [0, 0.1) is 0 Å². The van der Waals surface area contributed by atoms with Crippen molar-refractivity contribution in [2.75, 3.05) is 19.5 Å². The van der Waals surface area contributed by atoms with Crippen molar-refractivity contribution in [2.45, 2.75) is 31.6 Å². The van der Waals surface area contributed by atoms with Crippen LogP contribution in [0.4, 0.5) is 4.79 Å². The van der Waals surface area contributed by atoms with Gasteiger partial charge in [0.2, 0.25) is 12.0 Å². The molecule has 3 heterocycles. The van der Waals surface area contributed by atoms with Crippen molar-refractivity contribution in [1.29, 1.82) is 0 Å². The third kappa shape index (κ3) is 5.74. The van der Waals surface area contributed by atoms with Crippen molar-refractivity contribution in [3.63, 3.8) is 0 Å². The number of oxime groups is 1. The molecule has 1 saturated heterocycles. The minimum Gasteiger partial charge on any atom is -0.462 e. The topological polar surface area (TPSA) is 189 Å². The molecule has 3 atom stereocenters. The third-order valence-corrected chi connectivity index (χ3v) is 6.01. The summed E-state index contributed by atoms with van der Waals surface area (Å²) >= 11 is 1.21. The zero-order valence-electron chi connectivity index (χ0n) is 18.8. The molecule has 0 aromatic carbocycles. The molecule has 188 valence electrons. The van der Waals surface area contributed by atoms with Gasteiger partial charge in [0.05, 0.1) is 6.26 Å². The Hall–Kier alpha value is -4.01. The molecule has 3 amide bonds. The average Bonchev–Trinajstić information content (AvgIpc) is 3.32. The number of primary amides is 1. The van der Waals surface area contributed by atoms with Crippen LogP contribution in [0.5, 0.6) is 0 Å². The standard InChI is InChI=1S/C20H22N4O10S/c1-9(25)33-10(2)34-19(28)15-11(7-32-20(21)29)8-35-18-14(17(27)24(15)18)22-16(26)13(23-30-3)12-5-4-6-31-12/h4-6,10,14,18H,7-8H2,1-3H3,(H2,21,29)(H,22,26)/b23-13+/t10?,14-,18?/m0/s1. The maximum atomic E-state index is 13.0. The molecule has 1 aromatic heterocycles. The van der Waals surface area contributed by atoms with Gasteiger partial charge in [-0.1, -0.05) is 5.16 Å². The predicted octanol–water partition coefficient (Wildman–Crippen LogP) is -0.168. The Kier molecular flexibility index (Phi) is 8.01. The van der Waals surface area contributed by atoms with E-state index in [1.54, 1.807) is 6.07 Å². The number of esters is 2. The van der Waals surface area contributed by atoms with E-state index in [-0.39, 0.29) is 35.1 Å². The Morgan fingerprint density at radius 1 is 1.34 bits per heavy atom. The molecule has 3 rings (SSSR count). The zero-order valence-corrected chi connectivity index (χ0v) is 19.7. The van der Waals surface area contributed by atoms with Crippen LogP contribution in [-0.4, -0.2) is 77.6 Å². The van der Waals surface area contributed by atoms with Gasteiger partial charge in [-0.15, -0.1) is 11.8 Å². The van der Waals surface area contributed by atoms with Gasteiger partial charge in [-0.2, -0.15) is 0 Å². The monoisotopic (exact) mass is 510 g/mol. The van der Waals surface area contributed by atoms with E-state index in [0.717, 1.165) is 11.8 Å². The van der Waals surface area contributed by atoms with Crippen molar-refractivity contribution in [3.05, 3.63) is 35.4 Å². The molecular weight excluding hydrogens is 488 g/mol. The van der Waals surface area contributed by atoms with Crippen LogP contribution < -0.4 is 11.1 Å². The number of nitrogens with two attached hydrogens (primary N) is 1. The van der Waals surface area contributed by atoms with Crippen LogP contribution in [-0.2, 0) is 38.2 Å². The second kappa shape index (κ2) is 10.9. The zero-order chi connectivity index (χ0) is 25.7. The number of nitrogens with zero attached hydrogens (tertiary/aromatic N) is 2. The van der Waals surface area contributed by atoms with Gasteiger partial charge in [-0.25, -0.2) is 9.59 Å². The van der Waals surface area contributed by atoms with Crippen molar-refractivity contribution < 1.29 is 47.4 Å². The summed E-state index contributed by atoms with van der Waals surface area (Å²) < 4.78 is 19.9. The summed E-state index contributed by atoms with van der Waals surface area (Å²) in [5.41, 5.74) is 4.89. The quantitative estimate of drug-likeness (QED) is 0.147. The van der Waals surface area contributed by atoms with Gasteiger partial charge in [-0.3, -0.25) is 19.3 Å². The molecule has 35 heavy (non-hydrogen) atoms. The summed E-state index contributed by atoms with van der Waals surface area (Å²) in [5, 5.41) is 5.53. The van der Waals surface area contributed by atoms with Gasteiger partial charge in [0.25, 0.3) is 11.8 Å². The minimum atomic E-state index is -1.24. The van der Waals surface area contributed by atoms with Crippen LogP contribution in [0.3, 0.4) is 0 Å². The van der Waals surface area contributed by atoms with Crippen molar-refractivity contribution in [2.24, 2.45) is 10.9 Å². The van der Waals surface area contributed by atoms with E-state index in [9.17, 15) is 24.0 Å². The number of furan rings is 1. The molecule has 14 nitrogen and oxygen atoms in total. The number of rotatable bonds is 9. The summed E-state index contributed by atoms with van der Waals surface area (Å²) in [5.74, 6) is -2.75. The predicted molar refractivity (Wildman–Crippen MR) is 117 cm³/mol. The van der Waals surface area contributed by atoms with Crippen molar-refractivity contribution in [3.8, 4) is 0 Å². The molecule has 15 heteroatoms. The first kappa shape index (κ1) is 25.6. The van der Waals surface area contributed by atoms with Crippen LogP contribution >= 0.6 is 11.8 Å². The fourth-order valence-electron chi connectivity index (χ4n) is 3.32. The SMILES string of the molecule is CO/N=C(/C(=O)N[C@H]1C(=O)N2C(C(=O)OC(C)OC(C)=O)=C(COC(N)=O)CSC12)c1ccco1. The smallest absolute Gasteiger partial charge is 0.404 e. The molecule has 0 saturated carbocycles. The highest BCUT2D eigenvalue weighted by molar-refractivity contribution is 8.00. The summed E-state index contributed by atoms with van der Waals surface area (Å²) in [6.45, 7) is 2.09. The maximum absolute atomic E-state index is 13.0. The summed E-state index contributed by atoms with van der Waals surface area (Å²) in [4.78, 5) is 66.7. The lowest BCUT2D eigenvalue weighted by Crippen LogP contribution is -2.71. The number of ether oxygens (including phenoxy) is 3. The molecule has 3 N–H and O–H groups in total. The first-order valence-corrected chi connectivity index (χ1v) is 11.1. The first-order valence-electron chi connectivity index (χ1n) is 10.1. The molecule has 2 aliphatic heterocycles. The van der Waals surface area contributed by atoms with Gasteiger partial charge in [-0.05, 0) is 12.1 Å². The van der Waals surface area contributed by atoms with E-state index >= 15 is 0 Å². The Labute approximate surface area is 202 Å². The normalized spacial score (nSPS) is 20.3. The van der Waals surface area contributed by atoms with Crippen LogP contribution in [0.15, 0.2) is 39.2 Å². The largest absolute Gasteiger partial charge is 0.462 e. The van der Waals surface area contributed by atoms with E-state index in [1.807, 2.05) is 0 Å². The minimum absolute atomic E-state index is 0.124. The molecular formula is C20H22N4O10S. The maximum Gasteiger partial charge on any atom is 0.404 e. The second-order valence-electron chi connectivity index (χ2n) is 7.10. The number of β-lactam (4-membered cyclic amide) rings is 1. The number of carbonyl (C=O) groups excluding carboxylic acids is 5.